The Labute approximate surface area is 78.5 Å². The summed E-state index contributed by atoms with van der Waals surface area (Å²) in [6.07, 6.45) is 2.11. The highest BCUT2D eigenvalue weighted by atomic mass is 16.5. The minimum absolute atomic E-state index is 0.657. The average Bonchev–Trinajstić information content (AvgIpc) is 2.48. The monoisotopic (exact) mass is 180 g/mol. The molecule has 0 bridgehead atoms. The molecule has 0 aliphatic carbocycles. The summed E-state index contributed by atoms with van der Waals surface area (Å²) < 4.78 is 5.28. The molecule has 0 radical (unpaired) electrons. The van der Waals surface area contributed by atoms with E-state index in [0.717, 1.165) is 31.7 Å². The van der Waals surface area contributed by atoms with Gasteiger partial charge in [-0.3, -0.25) is 0 Å². The highest BCUT2D eigenvalue weighted by Gasteiger charge is 2.18. The SMILES string of the molecule is CC(C)Cc1noc2c1CCNC2. The van der Waals surface area contributed by atoms with E-state index in [-0.39, 0.29) is 0 Å². The zero-order valence-electron chi connectivity index (χ0n) is 8.26. The molecule has 0 fully saturated rings. The third-order valence-electron chi connectivity index (χ3n) is 2.39. The van der Waals surface area contributed by atoms with Crippen LogP contribution >= 0.6 is 0 Å². The fourth-order valence-corrected chi connectivity index (χ4v) is 1.77. The fraction of sp³-hybridized carbons (Fsp3) is 0.700. The Balaban J connectivity index is 2.21. The van der Waals surface area contributed by atoms with Gasteiger partial charge in [0.25, 0.3) is 0 Å². The van der Waals surface area contributed by atoms with Crippen LogP contribution in [0.2, 0.25) is 0 Å². The molecule has 3 heteroatoms. The van der Waals surface area contributed by atoms with Gasteiger partial charge in [-0.2, -0.15) is 0 Å². The first kappa shape index (κ1) is 8.75. The van der Waals surface area contributed by atoms with E-state index < -0.39 is 0 Å². The average molecular weight is 180 g/mol. The minimum atomic E-state index is 0.657. The molecule has 0 atom stereocenters. The minimum Gasteiger partial charge on any atom is -0.359 e. The Morgan fingerprint density at radius 1 is 1.54 bits per heavy atom. The van der Waals surface area contributed by atoms with E-state index in [4.69, 9.17) is 4.52 Å². The van der Waals surface area contributed by atoms with E-state index in [1.54, 1.807) is 0 Å². The van der Waals surface area contributed by atoms with E-state index in [9.17, 15) is 0 Å². The molecule has 72 valence electrons. The molecule has 0 saturated carbocycles. The van der Waals surface area contributed by atoms with Crippen molar-refractivity contribution in [2.75, 3.05) is 6.54 Å². The molecule has 0 spiro atoms. The van der Waals surface area contributed by atoms with Gasteiger partial charge in [0.05, 0.1) is 12.2 Å². The Bertz CT molecular complexity index is 291. The second-order valence-corrected chi connectivity index (χ2v) is 4.06. The van der Waals surface area contributed by atoms with Crippen LogP contribution in [0, 0.1) is 5.92 Å². The van der Waals surface area contributed by atoms with Crippen LogP contribution in [-0.4, -0.2) is 11.7 Å². The smallest absolute Gasteiger partial charge is 0.153 e. The number of nitrogens with zero attached hydrogens (tertiary/aromatic N) is 1. The summed E-state index contributed by atoms with van der Waals surface area (Å²) in [4.78, 5) is 0. The van der Waals surface area contributed by atoms with E-state index in [1.807, 2.05) is 0 Å². The van der Waals surface area contributed by atoms with E-state index in [0.29, 0.717) is 5.92 Å². The van der Waals surface area contributed by atoms with E-state index in [1.165, 1.54) is 11.3 Å². The quantitative estimate of drug-likeness (QED) is 0.749. The summed E-state index contributed by atoms with van der Waals surface area (Å²) >= 11 is 0. The number of aromatic nitrogens is 1. The molecule has 0 saturated heterocycles. The topological polar surface area (TPSA) is 38.1 Å². The summed E-state index contributed by atoms with van der Waals surface area (Å²) in [6.45, 7) is 6.32. The molecule has 13 heavy (non-hydrogen) atoms. The third kappa shape index (κ3) is 1.75. The lowest BCUT2D eigenvalue weighted by molar-refractivity contribution is 0.360. The lowest BCUT2D eigenvalue weighted by atomic mass is 10.00. The first-order chi connectivity index (χ1) is 6.27. The Morgan fingerprint density at radius 3 is 3.15 bits per heavy atom. The molecule has 2 heterocycles. The largest absolute Gasteiger partial charge is 0.359 e. The number of rotatable bonds is 2. The van der Waals surface area contributed by atoms with Crippen molar-refractivity contribution >= 4 is 0 Å². The van der Waals surface area contributed by atoms with Crippen LogP contribution in [0.4, 0.5) is 0 Å². The first-order valence-electron chi connectivity index (χ1n) is 4.94. The molecule has 1 aromatic heterocycles. The molecular weight excluding hydrogens is 164 g/mol. The number of hydrogen-bond donors (Lipinski definition) is 1. The van der Waals surface area contributed by atoms with Gasteiger partial charge in [-0.25, -0.2) is 0 Å². The van der Waals surface area contributed by atoms with Crippen molar-refractivity contribution in [1.29, 1.82) is 0 Å². The molecule has 2 rings (SSSR count). The summed E-state index contributed by atoms with van der Waals surface area (Å²) in [5.41, 5.74) is 2.53. The van der Waals surface area contributed by atoms with Crippen molar-refractivity contribution in [2.24, 2.45) is 5.92 Å². The van der Waals surface area contributed by atoms with Crippen LogP contribution in [-0.2, 0) is 19.4 Å². The highest BCUT2D eigenvalue weighted by molar-refractivity contribution is 5.25. The first-order valence-corrected chi connectivity index (χ1v) is 4.94. The van der Waals surface area contributed by atoms with Gasteiger partial charge in [0.15, 0.2) is 5.76 Å². The van der Waals surface area contributed by atoms with Crippen molar-refractivity contribution in [3.63, 3.8) is 0 Å². The molecule has 0 aromatic carbocycles. The molecule has 1 N–H and O–H groups in total. The van der Waals surface area contributed by atoms with Crippen molar-refractivity contribution < 1.29 is 4.52 Å². The van der Waals surface area contributed by atoms with Crippen molar-refractivity contribution in [1.82, 2.24) is 10.5 Å². The fourth-order valence-electron chi connectivity index (χ4n) is 1.77. The second-order valence-electron chi connectivity index (χ2n) is 4.06. The molecular formula is C10H16N2O. The van der Waals surface area contributed by atoms with Gasteiger partial charge >= 0.3 is 0 Å². The Kier molecular flexibility index (Phi) is 2.36. The molecule has 1 aromatic rings. The molecule has 0 unspecified atom stereocenters. The van der Waals surface area contributed by atoms with Gasteiger partial charge in [-0.15, -0.1) is 0 Å². The van der Waals surface area contributed by atoms with Crippen molar-refractivity contribution in [3.05, 3.63) is 17.0 Å². The predicted molar refractivity (Wildman–Crippen MR) is 50.5 cm³/mol. The van der Waals surface area contributed by atoms with Gasteiger partial charge in [0.2, 0.25) is 0 Å². The molecule has 0 amide bonds. The Hall–Kier alpha value is -0.830. The van der Waals surface area contributed by atoms with Gasteiger partial charge in [-0.05, 0) is 25.3 Å². The molecule has 1 aliphatic rings. The van der Waals surface area contributed by atoms with Crippen LogP contribution in [0.15, 0.2) is 4.52 Å². The zero-order chi connectivity index (χ0) is 9.26. The number of hydrogen-bond acceptors (Lipinski definition) is 3. The number of fused-ring (bicyclic) bond motifs is 1. The highest BCUT2D eigenvalue weighted by Crippen LogP contribution is 2.20. The summed E-state index contributed by atoms with van der Waals surface area (Å²) in [5, 5.41) is 7.40. The summed E-state index contributed by atoms with van der Waals surface area (Å²) in [5.74, 6) is 1.70. The molecule has 1 aliphatic heterocycles. The van der Waals surface area contributed by atoms with Crippen LogP contribution in [0.25, 0.3) is 0 Å². The maximum atomic E-state index is 5.28. The van der Waals surface area contributed by atoms with Crippen LogP contribution < -0.4 is 5.32 Å². The van der Waals surface area contributed by atoms with Gasteiger partial charge in [0.1, 0.15) is 0 Å². The molecule has 3 nitrogen and oxygen atoms in total. The van der Waals surface area contributed by atoms with Crippen molar-refractivity contribution in [2.45, 2.75) is 33.2 Å². The van der Waals surface area contributed by atoms with Crippen LogP contribution in [0.1, 0.15) is 30.9 Å². The maximum absolute atomic E-state index is 5.28. The normalized spacial score (nSPS) is 16.2. The van der Waals surface area contributed by atoms with E-state index in [2.05, 4.69) is 24.3 Å². The number of nitrogens with one attached hydrogen (secondary N) is 1. The van der Waals surface area contributed by atoms with E-state index >= 15 is 0 Å². The standard InChI is InChI=1S/C10H16N2O/c1-7(2)5-9-8-3-4-11-6-10(8)13-12-9/h7,11H,3-6H2,1-2H3. The Morgan fingerprint density at radius 2 is 2.38 bits per heavy atom. The van der Waals surface area contributed by atoms with Gasteiger partial charge < -0.3 is 9.84 Å². The van der Waals surface area contributed by atoms with Crippen LogP contribution in [0.3, 0.4) is 0 Å². The van der Waals surface area contributed by atoms with Gasteiger partial charge in [-0.1, -0.05) is 19.0 Å². The predicted octanol–water partition coefficient (Wildman–Crippen LogP) is 1.52. The van der Waals surface area contributed by atoms with Crippen molar-refractivity contribution in [3.8, 4) is 0 Å². The zero-order valence-corrected chi connectivity index (χ0v) is 8.26. The van der Waals surface area contributed by atoms with Gasteiger partial charge in [0, 0.05) is 5.56 Å². The lowest BCUT2D eigenvalue weighted by Crippen LogP contribution is -2.23. The summed E-state index contributed by atoms with van der Waals surface area (Å²) in [7, 11) is 0. The van der Waals surface area contributed by atoms with Crippen LogP contribution in [0.5, 0.6) is 0 Å². The lowest BCUT2D eigenvalue weighted by Gasteiger charge is -2.11. The second kappa shape index (κ2) is 3.50. The maximum Gasteiger partial charge on any atom is 0.153 e. The third-order valence-corrected chi connectivity index (χ3v) is 2.39. The summed E-state index contributed by atoms with van der Waals surface area (Å²) in [6, 6.07) is 0.